The highest BCUT2D eigenvalue weighted by molar-refractivity contribution is 6.62. The Balaban J connectivity index is 1.65. The van der Waals surface area contributed by atoms with Crippen molar-refractivity contribution < 1.29 is 44.1 Å². The van der Waals surface area contributed by atoms with Crippen molar-refractivity contribution in [2.24, 2.45) is 17.6 Å². The number of phenolic OH excluding ortho intramolecular Hbond substituents is 1. The van der Waals surface area contributed by atoms with E-state index in [1.165, 1.54) is 6.07 Å². The number of aliphatic hydroxyl groups is 3. The van der Waals surface area contributed by atoms with E-state index >= 15 is 0 Å². The molecule has 11 heteroatoms. The first-order valence-corrected chi connectivity index (χ1v) is 11.8. The molecule has 4 aliphatic rings. The highest BCUT2D eigenvalue weighted by Gasteiger charge is 2.61. The Morgan fingerprint density at radius 2 is 1.67 bits per heavy atom. The van der Waals surface area contributed by atoms with Gasteiger partial charge in [0, 0.05) is 17.9 Å². The van der Waals surface area contributed by atoms with Crippen molar-refractivity contribution in [2.75, 3.05) is 0 Å². The van der Waals surface area contributed by atoms with Crippen LogP contribution in [0.25, 0.3) is 5.76 Å². The number of carbonyl (C=O) groups excluding carboxylic acids is 3. The molecule has 3 aliphatic carbocycles. The minimum absolute atomic E-state index is 0.00865. The Kier molecular flexibility index (Phi) is 5.07. The van der Waals surface area contributed by atoms with E-state index in [-0.39, 0.29) is 36.1 Å². The molecule has 0 aromatic heterocycles. The van der Waals surface area contributed by atoms with Gasteiger partial charge in [-0.25, -0.2) is 0 Å². The second kappa shape index (κ2) is 7.44. The second-order valence-electron chi connectivity index (χ2n) is 11.0. The first-order chi connectivity index (χ1) is 16.6. The number of aliphatic hydroxyl groups excluding tert-OH is 2. The molecule has 2 fully saturated rings. The standard InChI is InChI=1S/C25H28BNO9/c1-23(2)24(3,4)36-26(35-23)13-5-6-14(28)17-12(13)8-10-7-11-9-15(29)18(22(27)33)21(32)25(11,34)20(31)16(10)19(17)30/h5-6,10-11,28,30,32,34H,7-9H2,1-4H3,(H2,27,33)/t10-,11+,25+/m1/s1. The molecule has 6 N–H and O–H groups in total. The zero-order valence-corrected chi connectivity index (χ0v) is 20.4. The Bertz CT molecular complexity index is 1290. The minimum atomic E-state index is -2.59. The average Bonchev–Trinajstić information content (AvgIpc) is 2.97. The maximum absolute atomic E-state index is 13.6. The van der Waals surface area contributed by atoms with Crippen molar-refractivity contribution in [1.29, 1.82) is 0 Å². The number of ketones is 2. The van der Waals surface area contributed by atoms with Crippen molar-refractivity contribution >= 4 is 35.8 Å². The Labute approximate surface area is 207 Å². The van der Waals surface area contributed by atoms with E-state index in [9.17, 15) is 34.8 Å². The first-order valence-electron chi connectivity index (χ1n) is 11.8. The van der Waals surface area contributed by atoms with Gasteiger partial charge in [0.15, 0.2) is 11.4 Å². The van der Waals surface area contributed by atoms with E-state index in [0.717, 1.165) is 0 Å². The summed E-state index contributed by atoms with van der Waals surface area (Å²) in [5, 5.41) is 43.9. The fraction of sp³-hybridized carbons (Fsp3) is 0.480. The van der Waals surface area contributed by atoms with Crippen molar-refractivity contribution in [2.45, 2.75) is 63.8 Å². The molecule has 1 aromatic rings. The highest BCUT2D eigenvalue weighted by atomic mass is 16.7. The van der Waals surface area contributed by atoms with Crippen LogP contribution in [0, 0.1) is 11.8 Å². The number of primary amides is 1. The zero-order valence-electron chi connectivity index (χ0n) is 20.4. The molecule has 190 valence electrons. The molecule has 5 rings (SSSR count). The number of Topliss-reactive ketones (excluding diaryl/α,β-unsaturated/α-hetero) is 2. The first kappa shape index (κ1) is 24.5. The van der Waals surface area contributed by atoms with Gasteiger partial charge in [0.05, 0.1) is 16.8 Å². The van der Waals surface area contributed by atoms with Crippen molar-refractivity contribution in [3.8, 4) is 5.75 Å². The lowest BCUT2D eigenvalue weighted by molar-refractivity contribution is -0.147. The summed E-state index contributed by atoms with van der Waals surface area (Å²) in [6.45, 7) is 7.60. The summed E-state index contributed by atoms with van der Waals surface area (Å²) in [6, 6.07) is 3.01. The van der Waals surface area contributed by atoms with Gasteiger partial charge >= 0.3 is 7.12 Å². The van der Waals surface area contributed by atoms with Crippen molar-refractivity contribution in [3.05, 3.63) is 40.2 Å². The SMILES string of the molecule is CC1(C)OB(c2ccc(O)c3c2C[C@H]2C[C@H]4CC(=O)C(C(N)=O)=C(O)[C@@]4(O)C(=O)C2=C3O)OC1(C)C. The second-order valence-corrected chi connectivity index (χ2v) is 11.0. The number of hydrogen-bond acceptors (Lipinski definition) is 9. The summed E-state index contributed by atoms with van der Waals surface area (Å²) in [7, 11) is -0.795. The Hall–Kier alpha value is -3.15. The quantitative estimate of drug-likeness (QED) is 0.291. The molecular weight excluding hydrogens is 469 g/mol. The number of fused-ring (bicyclic) bond motifs is 3. The fourth-order valence-corrected chi connectivity index (χ4v) is 5.84. The third-order valence-electron chi connectivity index (χ3n) is 8.49. The van der Waals surface area contributed by atoms with Gasteiger partial charge in [-0.2, -0.15) is 0 Å². The van der Waals surface area contributed by atoms with Crippen molar-refractivity contribution in [1.82, 2.24) is 0 Å². The van der Waals surface area contributed by atoms with Gasteiger partial charge in [-0.15, -0.1) is 0 Å². The van der Waals surface area contributed by atoms with E-state index in [0.29, 0.717) is 11.0 Å². The van der Waals surface area contributed by atoms with Crippen LogP contribution < -0.4 is 11.2 Å². The summed E-state index contributed by atoms with van der Waals surface area (Å²) in [6.07, 6.45) is -0.129. The number of nitrogens with two attached hydrogens (primary N) is 1. The molecule has 1 saturated heterocycles. The molecular formula is C25H28BNO9. The number of hydrogen-bond donors (Lipinski definition) is 5. The Morgan fingerprint density at radius 1 is 1.06 bits per heavy atom. The summed E-state index contributed by atoms with van der Waals surface area (Å²) < 4.78 is 12.4. The van der Waals surface area contributed by atoms with Crippen LogP contribution in [0.5, 0.6) is 5.75 Å². The van der Waals surface area contributed by atoms with E-state index in [1.54, 1.807) is 6.07 Å². The van der Waals surface area contributed by atoms with Crippen LogP contribution in [-0.2, 0) is 30.1 Å². The van der Waals surface area contributed by atoms with Crippen LogP contribution in [0.2, 0.25) is 0 Å². The summed E-state index contributed by atoms with van der Waals surface area (Å²) in [4.78, 5) is 37.8. The number of carbonyl (C=O) groups is 3. The van der Waals surface area contributed by atoms with Gasteiger partial charge in [0.2, 0.25) is 5.78 Å². The van der Waals surface area contributed by atoms with Crippen LogP contribution in [0.4, 0.5) is 0 Å². The molecule has 36 heavy (non-hydrogen) atoms. The predicted molar refractivity (Wildman–Crippen MR) is 127 cm³/mol. The van der Waals surface area contributed by atoms with Crippen LogP contribution in [-0.4, -0.2) is 61.8 Å². The molecule has 3 atom stereocenters. The molecule has 1 saturated carbocycles. The molecule has 0 radical (unpaired) electrons. The third-order valence-corrected chi connectivity index (χ3v) is 8.49. The number of aromatic hydroxyl groups is 1. The van der Waals surface area contributed by atoms with Gasteiger partial charge in [-0.3, -0.25) is 14.4 Å². The topological polar surface area (TPSA) is 177 Å². The smallest absolute Gasteiger partial charge is 0.495 e. The summed E-state index contributed by atoms with van der Waals surface area (Å²) in [5.74, 6) is -6.62. The predicted octanol–water partition coefficient (Wildman–Crippen LogP) is 0.723. The molecule has 1 amide bonds. The lowest BCUT2D eigenvalue weighted by Crippen LogP contribution is -2.58. The normalized spacial score (nSPS) is 30.8. The van der Waals surface area contributed by atoms with E-state index < -0.39 is 70.3 Å². The molecule has 1 aliphatic heterocycles. The van der Waals surface area contributed by atoms with E-state index in [1.807, 2.05) is 27.7 Å². The average molecular weight is 497 g/mol. The van der Waals surface area contributed by atoms with Crippen LogP contribution >= 0.6 is 0 Å². The number of amides is 1. The summed E-state index contributed by atoms with van der Waals surface area (Å²) >= 11 is 0. The van der Waals surface area contributed by atoms with Crippen LogP contribution in [0.3, 0.4) is 0 Å². The number of rotatable bonds is 2. The minimum Gasteiger partial charge on any atom is -0.508 e. The molecule has 10 nitrogen and oxygen atoms in total. The highest BCUT2D eigenvalue weighted by Crippen LogP contribution is 2.52. The van der Waals surface area contributed by atoms with Gasteiger partial charge in [-0.1, -0.05) is 6.07 Å². The molecule has 0 bridgehead atoms. The van der Waals surface area contributed by atoms with Crippen molar-refractivity contribution in [3.63, 3.8) is 0 Å². The van der Waals surface area contributed by atoms with E-state index in [2.05, 4.69) is 0 Å². The molecule has 1 heterocycles. The molecule has 0 spiro atoms. The van der Waals surface area contributed by atoms with Gasteiger partial charge < -0.3 is 35.5 Å². The lowest BCUT2D eigenvalue weighted by Gasteiger charge is -2.46. The maximum atomic E-state index is 13.6. The van der Waals surface area contributed by atoms with Gasteiger partial charge in [0.1, 0.15) is 22.8 Å². The number of phenols is 1. The zero-order chi connectivity index (χ0) is 26.5. The van der Waals surface area contributed by atoms with Crippen LogP contribution in [0.1, 0.15) is 51.7 Å². The molecule has 0 unspecified atom stereocenters. The lowest BCUT2D eigenvalue weighted by atomic mass is 9.58. The Morgan fingerprint density at radius 3 is 2.25 bits per heavy atom. The van der Waals surface area contributed by atoms with Gasteiger partial charge in [-0.05, 0) is 63.5 Å². The largest absolute Gasteiger partial charge is 0.508 e. The third kappa shape index (κ3) is 3.06. The fourth-order valence-electron chi connectivity index (χ4n) is 5.84. The van der Waals surface area contributed by atoms with Crippen LogP contribution in [0.15, 0.2) is 29.0 Å². The monoisotopic (exact) mass is 497 g/mol. The maximum Gasteiger partial charge on any atom is 0.495 e. The molecule has 1 aromatic carbocycles. The van der Waals surface area contributed by atoms with Gasteiger partial charge in [0.25, 0.3) is 5.91 Å². The summed E-state index contributed by atoms with van der Waals surface area (Å²) in [5.41, 5.74) is 1.46. The number of benzene rings is 1. The van der Waals surface area contributed by atoms with E-state index in [4.69, 9.17) is 15.0 Å².